The van der Waals surface area contributed by atoms with Gasteiger partial charge < -0.3 is 10.0 Å². The Bertz CT molecular complexity index is 751. The average Bonchev–Trinajstić information content (AvgIpc) is 2.83. The predicted octanol–water partition coefficient (Wildman–Crippen LogP) is 1.38. The predicted molar refractivity (Wildman–Crippen MR) is 79.4 cm³/mol. The Hall–Kier alpha value is -2.63. The van der Waals surface area contributed by atoms with Crippen LogP contribution < -0.4 is 0 Å². The van der Waals surface area contributed by atoms with Crippen LogP contribution in [0.3, 0.4) is 0 Å². The van der Waals surface area contributed by atoms with E-state index < -0.39 is 12.0 Å². The summed E-state index contributed by atoms with van der Waals surface area (Å²) in [6, 6.07) is 8.47. The fourth-order valence-corrected chi connectivity index (χ4v) is 2.91. The van der Waals surface area contributed by atoms with Crippen molar-refractivity contribution in [3.8, 4) is 0 Å². The van der Waals surface area contributed by atoms with E-state index in [0.717, 1.165) is 16.8 Å². The third-order valence-corrected chi connectivity index (χ3v) is 4.02. The molecule has 0 unspecified atom stereocenters. The molecule has 114 valence electrons. The maximum Gasteiger partial charge on any atom is 0.326 e. The Morgan fingerprint density at radius 3 is 2.55 bits per heavy atom. The fourth-order valence-electron chi connectivity index (χ4n) is 2.91. The lowest BCUT2D eigenvalue weighted by molar-refractivity contribution is -0.142. The Morgan fingerprint density at radius 2 is 1.95 bits per heavy atom. The normalized spacial score (nSPS) is 17.2. The zero-order valence-corrected chi connectivity index (χ0v) is 12.5. The van der Waals surface area contributed by atoms with E-state index in [1.54, 1.807) is 20.0 Å². The zero-order valence-electron chi connectivity index (χ0n) is 12.5. The summed E-state index contributed by atoms with van der Waals surface area (Å²) < 4.78 is 1.50. The molecule has 1 aromatic heterocycles. The molecule has 0 saturated carbocycles. The molecular weight excluding hydrogens is 282 g/mol. The highest BCUT2D eigenvalue weighted by atomic mass is 16.4. The summed E-state index contributed by atoms with van der Waals surface area (Å²) in [5.41, 5.74) is 3.12. The van der Waals surface area contributed by atoms with Crippen LogP contribution in [0.4, 0.5) is 0 Å². The molecule has 2 heterocycles. The topological polar surface area (TPSA) is 75.4 Å². The molecule has 1 aromatic carbocycles. The largest absolute Gasteiger partial charge is 0.480 e. The molecule has 1 aliphatic heterocycles. The first-order chi connectivity index (χ1) is 10.5. The van der Waals surface area contributed by atoms with Crippen molar-refractivity contribution in [3.63, 3.8) is 0 Å². The van der Waals surface area contributed by atoms with Crippen LogP contribution >= 0.6 is 0 Å². The van der Waals surface area contributed by atoms with Gasteiger partial charge in [0.1, 0.15) is 11.7 Å². The highest BCUT2D eigenvalue weighted by Crippen LogP contribution is 2.25. The molecule has 3 rings (SSSR count). The maximum atomic E-state index is 12.8. The van der Waals surface area contributed by atoms with Gasteiger partial charge in [0.15, 0.2) is 0 Å². The fraction of sp³-hybridized carbons (Fsp3) is 0.312. The molecule has 0 radical (unpaired) electrons. The summed E-state index contributed by atoms with van der Waals surface area (Å²) in [6.45, 7) is 2.10. The van der Waals surface area contributed by atoms with Crippen molar-refractivity contribution in [3.05, 3.63) is 52.8 Å². The number of aryl methyl sites for hydroxylation is 2. The third-order valence-electron chi connectivity index (χ3n) is 4.02. The Balaban J connectivity index is 1.99. The first kappa shape index (κ1) is 14.3. The monoisotopic (exact) mass is 299 g/mol. The lowest BCUT2D eigenvalue weighted by atomic mass is 9.93. The number of nitrogens with zero attached hydrogens (tertiary/aromatic N) is 3. The molecule has 0 aliphatic carbocycles. The summed E-state index contributed by atoms with van der Waals surface area (Å²) in [5.74, 6) is -1.29. The number of aliphatic carboxylic acids is 1. The van der Waals surface area contributed by atoms with Gasteiger partial charge in [0.05, 0.1) is 5.69 Å². The second-order valence-corrected chi connectivity index (χ2v) is 5.55. The van der Waals surface area contributed by atoms with Crippen LogP contribution in [0.15, 0.2) is 30.3 Å². The summed E-state index contributed by atoms with van der Waals surface area (Å²) in [7, 11) is 1.69. The van der Waals surface area contributed by atoms with Gasteiger partial charge in [0.25, 0.3) is 5.91 Å². The number of hydrogen-bond donors (Lipinski definition) is 1. The van der Waals surface area contributed by atoms with Gasteiger partial charge in [0, 0.05) is 20.0 Å². The molecule has 0 bridgehead atoms. The standard InChI is InChI=1S/C16H17N3O3/c1-10-7-13(18(2)17-10)15(20)19-9-12-6-4-3-5-11(12)8-14(19)16(21)22/h3-7,14H,8-9H2,1-2H3,(H,21,22)/t14-/m0/s1. The number of carbonyl (C=O) groups excluding carboxylic acids is 1. The minimum absolute atomic E-state index is 0.301. The van der Waals surface area contributed by atoms with Crippen LogP contribution in [0.2, 0.25) is 0 Å². The number of benzene rings is 1. The number of carbonyl (C=O) groups is 2. The molecule has 1 amide bonds. The summed E-state index contributed by atoms with van der Waals surface area (Å²) in [5, 5.41) is 13.7. The molecule has 6 heteroatoms. The molecule has 22 heavy (non-hydrogen) atoms. The number of fused-ring (bicyclic) bond motifs is 1. The van der Waals surface area contributed by atoms with Crippen LogP contribution in [0.1, 0.15) is 27.3 Å². The number of amides is 1. The molecular formula is C16H17N3O3. The number of carboxylic acids is 1. The lowest BCUT2D eigenvalue weighted by Gasteiger charge is -2.34. The van der Waals surface area contributed by atoms with Crippen LogP contribution in [0.25, 0.3) is 0 Å². The lowest BCUT2D eigenvalue weighted by Crippen LogP contribution is -2.49. The first-order valence-electron chi connectivity index (χ1n) is 7.08. The summed E-state index contributed by atoms with van der Waals surface area (Å²) in [4.78, 5) is 25.8. The van der Waals surface area contributed by atoms with Gasteiger partial charge in [-0.05, 0) is 24.1 Å². The Labute approximate surface area is 128 Å². The minimum Gasteiger partial charge on any atom is -0.480 e. The maximum absolute atomic E-state index is 12.8. The van der Waals surface area contributed by atoms with Gasteiger partial charge in [-0.15, -0.1) is 0 Å². The van der Waals surface area contributed by atoms with Crippen LogP contribution in [0.5, 0.6) is 0 Å². The average molecular weight is 299 g/mol. The number of aromatic nitrogens is 2. The second kappa shape index (κ2) is 5.29. The Morgan fingerprint density at radius 1 is 1.27 bits per heavy atom. The molecule has 0 saturated heterocycles. The SMILES string of the molecule is Cc1cc(C(=O)N2Cc3ccccc3C[C@H]2C(=O)O)n(C)n1. The molecule has 2 aromatic rings. The number of hydrogen-bond acceptors (Lipinski definition) is 3. The highest BCUT2D eigenvalue weighted by molar-refractivity contribution is 5.95. The van der Waals surface area contributed by atoms with E-state index in [4.69, 9.17) is 0 Å². The van der Waals surface area contributed by atoms with Crippen molar-refractivity contribution < 1.29 is 14.7 Å². The first-order valence-corrected chi connectivity index (χ1v) is 7.08. The van der Waals surface area contributed by atoms with Crippen molar-refractivity contribution in [2.75, 3.05) is 0 Å². The van der Waals surface area contributed by atoms with Crippen LogP contribution in [0, 0.1) is 6.92 Å². The minimum atomic E-state index is -0.984. The quantitative estimate of drug-likeness (QED) is 0.909. The van der Waals surface area contributed by atoms with E-state index in [-0.39, 0.29) is 5.91 Å². The highest BCUT2D eigenvalue weighted by Gasteiger charge is 2.35. The molecule has 1 N–H and O–H groups in total. The van der Waals surface area contributed by atoms with Crippen molar-refractivity contribution in [1.82, 2.24) is 14.7 Å². The van der Waals surface area contributed by atoms with Gasteiger partial charge in [-0.3, -0.25) is 9.48 Å². The van der Waals surface area contributed by atoms with Gasteiger partial charge >= 0.3 is 5.97 Å². The van der Waals surface area contributed by atoms with Crippen molar-refractivity contribution in [2.45, 2.75) is 25.9 Å². The molecule has 0 spiro atoms. The molecule has 6 nitrogen and oxygen atoms in total. The van der Waals surface area contributed by atoms with E-state index in [2.05, 4.69) is 5.10 Å². The smallest absolute Gasteiger partial charge is 0.326 e. The van der Waals surface area contributed by atoms with Gasteiger partial charge in [0.2, 0.25) is 0 Å². The van der Waals surface area contributed by atoms with Gasteiger partial charge in [-0.2, -0.15) is 5.10 Å². The Kier molecular flexibility index (Phi) is 3.44. The van der Waals surface area contributed by atoms with E-state index in [1.165, 1.54) is 9.58 Å². The van der Waals surface area contributed by atoms with Crippen LogP contribution in [-0.4, -0.2) is 37.7 Å². The molecule has 0 fully saturated rings. The van der Waals surface area contributed by atoms with E-state index in [9.17, 15) is 14.7 Å². The van der Waals surface area contributed by atoms with Crippen molar-refractivity contribution >= 4 is 11.9 Å². The summed E-state index contributed by atoms with van der Waals surface area (Å²) >= 11 is 0. The number of carboxylic acid groups (broad SMARTS) is 1. The molecule has 1 atom stereocenters. The second-order valence-electron chi connectivity index (χ2n) is 5.55. The molecule has 1 aliphatic rings. The van der Waals surface area contributed by atoms with Gasteiger partial charge in [-0.1, -0.05) is 24.3 Å². The summed E-state index contributed by atoms with van der Waals surface area (Å²) in [6.07, 6.45) is 0.327. The zero-order chi connectivity index (χ0) is 15.9. The van der Waals surface area contributed by atoms with E-state index in [0.29, 0.717) is 18.7 Å². The van der Waals surface area contributed by atoms with Crippen molar-refractivity contribution in [2.24, 2.45) is 7.05 Å². The van der Waals surface area contributed by atoms with E-state index in [1.807, 2.05) is 24.3 Å². The van der Waals surface area contributed by atoms with E-state index >= 15 is 0 Å². The van der Waals surface area contributed by atoms with Gasteiger partial charge in [-0.25, -0.2) is 4.79 Å². The third kappa shape index (κ3) is 2.36. The van der Waals surface area contributed by atoms with Crippen molar-refractivity contribution in [1.29, 1.82) is 0 Å². The van der Waals surface area contributed by atoms with Crippen LogP contribution in [-0.2, 0) is 24.8 Å². The number of rotatable bonds is 2.